The Morgan fingerprint density at radius 1 is 1.69 bits per heavy atom. The first kappa shape index (κ1) is 12.9. The Bertz CT molecular complexity index is 268. The molecule has 2 unspecified atom stereocenters. The minimum Gasteiger partial charge on any atom is -0.392 e. The Kier molecular flexibility index (Phi) is 4.70. The lowest BCUT2D eigenvalue weighted by atomic mass is 10.2. The molecule has 1 heterocycles. The van der Waals surface area contributed by atoms with Gasteiger partial charge >= 0.3 is 0 Å². The van der Waals surface area contributed by atoms with Gasteiger partial charge in [0.05, 0.1) is 12.6 Å². The molecule has 92 valence electrons. The van der Waals surface area contributed by atoms with E-state index >= 15 is 0 Å². The number of amides is 2. The Hall–Kier alpha value is -1.14. The highest BCUT2D eigenvalue weighted by molar-refractivity contribution is 5.85. The van der Waals surface area contributed by atoms with E-state index in [1.165, 1.54) is 4.90 Å². The smallest absolute Gasteiger partial charge is 0.239 e. The quantitative estimate of drug-likeness (QED) is 0.531. The number of hydrogen-bond donors (Lipinski definition) is 3. The van der Waals surface area contributed by atoms with Crippen LogP contribution in [-0.2, 0) is 9.59 Å². The Labute approximate surface area is 94.8 Å². The van der Waals surface area contributed by atoms with E-state index in [9.17, 15) is 9.59 Å². The number of hydrogen-bond acceptors (Lipinski definition) is 4. The van der Waals surface area contributed by atoms with Crippen LogP contribution in [0.1, 0.15) is 19.8 Å². The second kappa shape index (κ2) is 5.81. The molecule has 0 aliphatic carbocycles. The second-order valence-electron chi connectivity index (χ2n) is 4.13. The van der Waals surface area contributed by atoms with E-state index in [4.69, 9.17) is 10.8 Å². The van der Waals surface area contributed by atoms with Gasteiger partial charge in [-0.05, 0) is 13.3 Å². The summed E-state index contributed by atoms with van der Waals surface area (Å²) >= 11 is 0. The SMILES string of the molecule is CC(O)C(N)CNC(=O)CN1CCCC1=O. The van der Waals surface area contributed by atoms with Crippen molar-refractivity contribution >= 4 is 11.8 Å². The van der Waals surface area contributed by atoms with Gasteiger partial charge in [-0.2, -0.15) is 0 Å². The summed E-state index contributed by atoms with van der Waals surface area (Å²) in [6.07, 6.45) is 0.688. The van der Waals surface area contributed by atoms with Crippen molar-refractivity contribution in [1.29, 1.82) is 0 Å². The first-order valence-corrected chi connectivity index (χ1v) is 5.49. The molecule has 6 heteroatoms. The fraction of sp³-hybridized carbons (Fsp3) is 0.800. The van der Waals surface area contributed by atoms with Crippen LogP contribution >= 0.6 is 0 Å². The van der Waals surface area contributed by atoms with Crippen molar-refractivity contribution in [2.24, 2.45) is 5.73 Å². The van der Waals surface area contributed by atoms with Gasteiger partial charge in [0.2, 0.25) is 11.8 Å². The fourth-order valence-corrected chi connectivity index (χ4v) is 1.50. The number of nitrogens with two attached hydrogens (primary N) is 1. The van der Waals surface area contributed by atoms with Crippen LogP contribution in [0.2, 0.25) is 0 Å². The summed E-state index contributed by atoms with van der Waals surface area (Å²) in [5.41, 5.74) is 5.55. The van der Waals surface area contributed by atoms with E-state index in [2.05, 4.69) is 5.32 Å². The molecule has 0 aromatic rings. The third kappa shape index (κ3) is 3.79. The maximum absolute atomic E-state index is 11.4. The van der Waals surface area contributed by atoms with Gasteiger partial charge in [-0.25, -0.2) is 0 Å². The average molecular weight is 229 g/mol. The van der Waals surface area contributed by atoms with E-state index in [1.807, 2.05) is 0 Å². The largest absolute Gasteiger partial charge is 0.392 e. The number of rotatable bonds is 5. The molecule has 1 fully saturated rings. The highest BCUT2D eigenvalue weighted by Gasteiger charge is 2.22. The van der Waals surface area contributed by atoms with Crippen LogP contribution in [0.4, 0.5) is 0 Å². The highest BCUT2D eigenvalue weighted by Crippen LogP contribution is 2.08. The van der Waals surface area contributed by atoms with Crippen molar-refractivity contribution in [3.63, 3.8) is 0 Å². The number of carbonyl (C=O) groups excluding carboxylic acids is 2. The summed E-state index contributed by atoms with van der Waals surface area (Å²) in [4.78, 5) is 24.2. The maximum Gasteiger partial charge on any atom is 0.239 e. The van der Waals surface area contributed by atoms with E-state index in [-0.39, 0.29) is 24.9 Å². The normalized spacial score (nSPS) is 19.7. The summed E-state index contributed by atoms with van der Waals surface area (Å²) in [6.45, 7) is 2.53. The predicted molar refractivity (Wildman–Crippen MR) is 58.5 cm³/mol. The van der Waals surface area contributed by atoms with Crippen LogP contribution in [0.25, 0.3) is 0 Å². The number of nitrogens with zero attached hydrogens (tertiary/aromatic N) is 1. The minimum atomic E-state index is -0.659. The van der Waals surface area contributed by atoms with Crippen LogP contribution < -0.4 is 11.1 Å². The van der Waals surface area contributed by atoms with E-state index in [0.29, 0.717) is 13.0 Å². The van der Waals surface area contributed by atoms with Crippen molar-refractivity contribution in [2.75, 3.05) is 19.6 Å². The molecule has 0 spiro atoms. The molecule has 0 aromatic heterocycles. The second-order valence-corrected chi connectivity index (χ2v) is 4.13. The van der Waals surface area contributed by atoms with Gasteiger partial charge in [0.25, 0.3) is 0 Å². The Balaban J connectivity index is 2.23. The molecule has 2 atom stereocenters. The molecule has 0 bridgehead atoms. The summed E-state index contributed by atoms with van der Waals surface area (Å²) in [6, 6.07) is -0.474. The molecule has 1 rings (SSSR count). The summed E-state index contributed by atoms with van der Waals surface area (Å²) in [5, 5.41) is 11.7. The highest BCUT2D eigenvalue weighted by atomic mass is 16.3. The lowest BCUT2D eigenvalue weighted by Gasteiger charge is -2.18. The zero-order chi connectivity index (χ0) is 12.1. The lowest BCUT2D eigenvalue weighted by Crippen LogP contribution is -2.46. The van der Waals surface area contributed by atoms with Gasteiger partial charge in [-0.1, -0.05) is 0 Å². The van der Waals surface area contributed by atoms with Crippen molar-refractivity contribution < 1.29 is 14.7 Å². The maximum atomic E-state index is 11.4. The third-order valence-corrected chi connectivity index (χ3v) is 2.66. The van der Waals surface area contributed by atoms with Gasteiger partial charge in [0, 0.05) is 25.6 Å². The predicted octanol–water partition coefficient (Wildman–Crippen LogP) is -1.57. The first-order valence-electron chi connectivity index (χ1n) is 5.49. The van der Waals surface area contributed by atoms with Crippen molar-refractivity contribution in [3.05, 3.63) is 0 Å². The van der Waals surface area contributed by atoms with Crippen molar-refractivity contribution in [1.82, 2.24) is 10.2 Å². The zero-order valence-electron chi connectivity index (χ0n) is 9.48. The zero-order valence-corrected chi connectivity index (χ0v) is 9.48. The number of nitrogens with one attached hydrogen (secondary N) is 1. The monoisotopic (exact) mass is 229 g/mol. The topological polar surface area (TPSA) is 95.7 Å². The summed E-state index contributed by atoms with van der Waals surface area (Å²) in [7, 11) is 0. The molecule has 4 N–H and O–H groups in total. The molecule has 0 saturated carbocycles. The van der Waals surface area contributed by atoms with Crippen molar-refractivity contribution in [2.45, 2.75) is 31.9 Å². The summed E-state index contributed by atoms with van der Waals surface area (Å²) < 4.78 is 0. The van der Waals surface area contributed by atoms with Crippen LogP contribution in [0, 0.1) is 0 Å². The standard InChI is InChI=1S/C10H19N3O3/c1-7(14)8(11)5-12-9(15)6-13-4-2-3-10(13)16/h7-8,14H,2-6,11H2,1H3,(H,12,15). The Morgan fingerprint density at radius 2 is 2.38 bits per heavy atom. The van der Waals surface area contributed by atoms with Gasteiger partial charge in [0.1, 0.15) is 0 Å². The molecule has 0 radical (unpaired) electrons. The average Bonchev–Trinajstić information content (AvgIpc) is 2.60. The first-order chi connectivity index (χ1) is 7.50. The van der Waals surface area contributed by atoms with Crippen LogP contribution in [0.3, 0.4) is 0 Å². The third-order valence-electron chi connectivity index (χ3n) is 2.66. The van der Waals surface area contributed by atoms with E-state index in [1.54, 1.807) is 6.92 Å². The molecule has 1 aliphatic rings. The number of aliphatic hydroxyl groups excluding tert-OH is 1. The number of likely N-dealkylation sites (tertiary alicyclic amines) is 1. The van der Waals surface area contributed by atoms with Gasteiger partial charge < -0.3 is 21.1 Å². The van der Waals surface area contributed by atoms with Crippen LogP contribution in [0.5, 0.6) is 0 Å². The van der Waals surface area contributed by atoms with Crippen LogP contribution in [-0.4, -0.2) is 53.6 Å². The lowest BCUT2D eigenvalue weighted by molar-refractivity contribution is -0.133. The molecule has 6 nitrogen and oxygen atoms in total. The molecule has 2 amide bonds. The van der Waals surface area contributed by atoms with Crippen molar-refractivity contribution in [3.8, 4) is 0 Å². The van der Waals surface area contributed by atoms with Gasteiger partial charge in [-0.15, -0.1) is 0 Å². The molecule has 1 saturated heterocycles. The summed E-state index contributed by atoms with van der Waals surface area (Å²) in [5.74, 6) is -0.207. The molecule has 0 aromatic carbocycles. The van der Waals surface area contributed by atoms with E-state index < -0.39 is 12.1 Å². The minimum absolute atomic E-state index is 0.0231. The molecule has 1 aliphatic heterocycles. The molecular weight excluding hydrogens is 210 g/mol. The van der Waals surface area contributed by atoms with Gasteiger partial charge in [-0.3, -0.25) is 9.59 Å². The number of carbonyl (C=O) groups is 2. The van der Waals surface area contributed by atoms with Crippen LogP contribution in [0.15, 0.2) is 0 Å². The number of aliphatic hydroxyl groups is 1. The molecular formula is C10H19N3O3. The molecule has 16 heavy (non-hydrogen) atoms. The fourth-order valence-electron chi connectivity index (χ4n) is 1.50. The van der Waals surface area contributed by atoms with E-state index in [0.717, 1.165) is 6.42 Å². The Morgan fingerprint density at radius 3 is 2.88 bits per heavy atom. The van der Waals surface area contributed by atoms with Gasteiger partial charge in [0.15, 0.2) is 0 Å².